The average molecular weight is 523 g/mol. The Morgan fingerprint density at radius 1 is 0.475 bits per heavy atom. The molecule has 0 aliphatic heterocycles. The molecule has 0 spiro atoms. The van der Waals surface area contributed by atoms with Crippen LogP contribution in [0.4, 0.5) is 0 Å². The number of hydrogen-bond donors (Lipinski definition) is 0. The predicted octanol–water partition coefficient (Wildman–Crippen LogP) is 9.48. The quantitative estimate of drug-likeness (QED) is 0.208. The molecule has 0 amide bonds. The van der Waals surface area contributed by atoms with E-state index in [1.807, 2.05) is 12.1 Å². The molecule has 0 heterocycles. The van der Waals surface area contributed by atoms with Crippen molar-refractivity contribution in [2.75, 3.05) is 14.2 Å². The summed E-state index contributed by atoms with van der Waals surface area (Å²) >= 11 is 0. The molecule has 0 fully saturated rings. The zero-order valence-electron chi connectivity index (χ0n) is 23.6. The first-order valence-corrected chi connectivity index (χ1v) is 13.8. The van der Waals surface area contributed by atoms with Crippen LogP contribution in [0.3, 0.4) is 0 Å². The second-order valence-corrected chi connectivity index (χ2v) is 10.6. The zero-order chi connectivity index (χ0) is 27.6. The summed E-state index contributed by atoms with van der Waals surface area (Å²) in [6.45, 7) is 4.48. The van der Waals surface area contributed by atoms with Crippen LogP contribution in [0.2, 0.25) is 0 Å². The lowest BCUT2D eigenvalue weighted by atomic mass is 9.85. The van der Waals surface area contributed by atoms with Gasteiger partial charge < -0.3 is 9.47 Å². The van der Waals surface area contributed by atoms with E-state index < -0.39 is 0 Å². The lowest BCUT2D eigenvalue weighted by Gasteiger charge is -2.20. The Kier molecular flexibility index (Phi) is 7.00. The van der Waals surface area contributed by atoms with Crippen LogP contribution in [0.25, 0.3) is 32.7 Å². The molecule has 0 bridgehead atoms. The predicted molar refractivity (Wildman–Crippen MR) is 168 cm³/mol. The monoisotopic (exact) mass is 522 g/mol. The molecule has 40 heavy (non-hydrogen) atoms. The molecule has 0 unspecified atom stereocenters. The number of aryl methyl sites for hydroxylation is 2. The molecule has 6 aromatic rings. The molecular formula is C38H34O2. The number of rotatable bonds is 7. The Morgan fingerprint density at radius 3 is 1.32 bits per heavy atom. The van der Waals surface area contributed by atoms with Gasteiger partial charge in [0.25, 0.3) is 0 Å². The van der Waals surface area contributed by atoms with Crippen molar-refractivity contribution in [2.24, 2.45) is 0 Å². The van der Waals surface area contributed by atoms with Crippen molar-refractivity contribution in [3.05, 3.63) is 143 Å². The van der Waals surface area contributed by atoms with Crippen LogP contribution in [0, 0.1) is 13.8 Å². The topological polar surface area (TPSA) is 18.5 Å². The fraction of sp³-hybridized carbons (Fsp3) is 0.158. The minimum atomic E-state index is 0.869. The molecule has 0 N–H and O–H groups in total. The Labute approximate surface area is 236 Å². The fourth-order valence-electron chi connectivity index (χ4n) is 6.09. The molecule has 0 aromatic heterocycles. The zero-order valence-corrected chi connectivity index (χ0v) is 23.6. The largest absolute Gasteiger partial charge is 0.496 e. The normalized spacial score (nSPS) is 11.2. The molecule has 2 nitrogen and oxygen atoms in total. The van der Waals surface area contributed by atoms with E-state index in [1.165, 1.54) is 55.3 Å². The summed E-state index contributed by atoms with van der Waals surface area (Å²) in [6, 6.07) is 39.4. The fourth-order valence-corrected chi connectivity index (χ4v) is 6.09. The Morgan fingerprint density at radius 2 is 0.900 bits per heavy atom. The van der Waals surface area contributed by atoms with Crippen molar-refractivity contribution >= 4 is 21.5 Å². The van der Waals surface area contributed by atoms with Crippen LogP contribution in [0.15, 0.2) is 109 Å². The van der Waals surface area contributed by atoms with Gasteiger partial charge in [0, 0.05) is 10.8 Å². The van der Waals surface area contributed by atoms with Crippen LogP contribution in [0.1, 0.15) is 33.4 Å². The maximum atomic E-state index is 5.58. The molecule has 0 aliphatic rings. The van der Waals surface area contributed by atoms with E-state index in [4.69, 9.17) is 9.47 Å². The molecule has 0 saturated heterocycles. The summed E-state index contributed by atoms with van der Waals surface area (Å²) in [5, 5.41) is 4.70. The second kappa shape index (κ2) is 10.9. The SMILES string of the molecule is COc1cccc2cc(Cc3cccc(C)c3-c3c(C)cccc3Cc3ccc4c(OC)cccc4c3)ccc12. The Balaban J connectivity index is 1.41. The Bertz CT molecular complexity index is 1710. The van der Waals surface area contributed by atoms with Crippen molar-refractivity contribution in [1.82, 2.24) is 0 Å². The molecule has 2 heteroatoms. The number of benzene rings is 6. The molecule has 0 aliphatic carbocycles. The first-order valence-electron chi connectivity index (χ1n) is 13.8. The second-order valence-electron chi connectivity index (χ2n) is 10.6. The standard InChI is InChI=1S/C38H34O2/c1-25-9-5-13-31(23-27-17-19-33-29(21-27)11-7-15-35(33)39-3)37(25)38-26(2)10-6-14-32(38)24-28-18-20-34-30(22-28)12-8-16-36(34)40-4/h5-22H,23-24H2,1-4H3. The third kappa shape index (κ3) is 4.82. The summed E-state index contributed by atoms with van der Waals surface area (Å²) in [6.07, 6.45) is 1.74. The van der Waals surface area contributed by atoms with Crippen LogP contribution in [0.5, 0.6) is 11.5 Å². The van der Waals surface area contributed by atoms with Gasteiger partial charge in [0.05, 0.1) is 14.2 Å². The van der Waals surface area contributed by atoms with Gasteiger partial charge in [0.1, 0.15) is 11.5 Å². The molecule has 6 rings (SSSR count). The highest BCUT2D eigenvalue weighted by molar-refractivity contribution is 5.90. The first-order chi connectivity index (χ1) is 19.6. The molecule has 0 atom stereocenters. The van der Waals surface area contributed by atoms with E-state index in [0.717, 1.165) is 35.1 Å². The van der Waals surface area contributed by atoms with E-state index in [-0.39, 0.29) is 0 Å². The molecule has 0 radical (unpaired) electrons. The van der Waals surface area contributed by atoms with Crippen LogP contribution < -0.4 is 9.47 Å². The Hall–Kier alpha value is -4.56. The van der Waals surface area contributed by atoms with E-state index in [9.17, 15) is 0 Å². The van der Waals surface area contributed by atoms with Crippen LogP contribution in [-0.2, 0) is 12.8 Å². The molecule has 0 saturated carbocycles. The van der Waals surface area contributed by atoms with Gasteiger partial charge in [-0.1, -0.05) is 97.1 Å². The summed E-state index contributed by atoms with van der Waals surface area (Å²) < 4.78 is 11.2. The van der Waals surface area contributed by atoms with Gasteiger partial charge in [-0.15, -0.1) is 0 Å². The van der Waals surface area contributed by atoms with Gasteiger partial charge in [-0.05, 0) is 94.1 Å². The smallest absolute Gasteiger partial charge is 0.126 e. The van der Waals surface area contributed by atoms with Crippen LogP contribution >= 0.6 is 0 Å². The average Bonchev–Trinajstić information content (AvgIpc) is 2.97. The van der Waals surface area contributed by atoms with Crippen molar-refractivity contribution in [3.63, 3.8) is 0 Å². The van der Waals surface area contributed by atoms with Gasteiger partial charge in [0.15, 0.2) is 0 Å². The number of methoxy groups -OCH3 is 2. The third-order valence-electron chi connectivity index (χ3n) is 8.01. The third-order valence-corrected chi connectivity index (χ3v) is 8.01. The highest BCUT2D eigenvalue weighted by Crippen LogP contribution is 2.37. The van der Waals surface area contributed by atoms with Gasteiger partial charge in [-0.2, -0.15) is 0 Å². The summed E-state index contributed by atoms with van der Waals surface area (Å²) in [5.41, 5.74) is 10.6. The number of fused-ring (bicyclic) bond motifs is 2. The summed E-state index contributed by atoms with van der Waals surface area (Å²) in [5.74, 6) is 1.83. The molecule has 6 aromatic carbocycles. The summed E-state index contributed by atoms with van der Waals surface area (Å²) in [4.78, 5) is 0. The van der Waals surface area contributed by atoms with E-state index in [2.05, 4.69) is 111 Å². The minimum absolute atomic E-state index is 0.869. The van der Waals surface area contributed by atoms with Gasteiger partial charge in [-0.25, -0.2) is 0 Å². The maximum Gasteiger partial charge on any atom is 0.126 e. The lowest BCUT2D eigenvalue weighted by molar-refractivity contribution is 0.419. The molecule has 198 valence electrons. The summed E-state index contributed by atoms with van der Waals surface area (Å²) in [7, 11) is 3.46. The van der Waals surface area contributed by atoms with E-state index in [1.54, 1.807) is 14.2 Å². The van der Waals surface area contributed by atoms with Gasteiger partial charge in [-0.3, -0.25) is 0 Å². The van der Waals surface area contributed by atoms with Crippen LogP contribution in [-0.4, -0.2) is 14.2 Å². The van der Waals surface area contributed by atoms with Crippen molar-refractivity contribution in [3.8, 4) is 22.6 Å². The highest BCUT2D eigenvalue weighted by Gasteiger charge is 2.16. The number of hydrogen-bond acceptors (Lipinski definition) is 2. The number of ether oxygens (including phenoxy) is 2. The van der Waals surface area contributed by atoms with Crippen molar-refractivity contribution < 1.29 is 9.47 Å². The maximum absolute atomic E-state index is 5.58. The first kappa shape index (κ1) is 25.7. The van der Waals surface area contributed by atoms with Gasteiger partial charge >= 0.3 is 0 Å². The minimum Gasteiger partial charge on any atom is -0.496 e. The van der Waals surface area contributed by atoms with Gasteiger partial charge in [0.2, 0.25) is 0 Å². The van der Waals surface area contributed by atoms with Crippen molar-refractivity contribution in [2.45, 2.75) is 26.7 Å². The van der Waals surface area contributed by atoms with E-state index in [0.29, 0.717) is 0 Å². The molecular weight excluding hydrogens is 488 g/mol. The highest BCUT2D eigenvalue weighted by atomic mass is 16.5. The van der Waals surface area contributed by atoms with Crippen molar-refractivity contribution in [1.29, 1.82) is 0 Å². The van der Waals surface area contributed by atoms with E-state index >= 15 is 0 Å². The lowest BCUT2D eigenvalue weighted by Crippen LogP contribution is -2.01.